The fourth-order valence-corrected chi connectivity index (χ4v) is 5.44. The van der Waals surface area contributed by atoms with Gasteiger partial charge in [0.1, 0.15) is 11.8 Å². The van der Waals surface area contributed by atoms with Gasteiger partial charge in [-0.25, -0.2) is 8.42 Å². The summed E-state index contributed by atoms with van der Waals surface area (Å²) >= 11 is 11.8. The van der Waals surface area contributed by atoms with Crippen molar-refractivity contribution in [3.05, 3.63) is 94.0 Å². The largest absolute Gasteiger partial charge is 0.493 e. The van der Waals surface area contributed by atoms with Crippen LogP contribution in [0.4, 0.5) is 8.78 Å². The number of rotatable bonds is 13. The summed E-state index contributed by atoms with van der Waals surface area (Å²) in [5.74, 6) is -0.208. The molecule has 15 heteroatoms. The number of carbonyl (C=O) groups excluding carboxylic acids is 1. The Balaban J connectivity index is 1.69. The molecule has 3 aromatic carbocycles. The summed E-state index contributed by atoms with van der Waals surface area (Å²) in [4.78, 5) is 30.8. The molecule has 1 atom stereocenters. The molecule has 0 saturated carbocycles. The molecule has 0 aliphatic heterocycles. The van der Waals surface area contributed by atoms with Crippen LogP contribution in [0.5, 0.6) is 5.75 Å². The molecule has 1 amide bonds. The van der Waals surface area contributed by atoms with E-state index in [9.17, 15) is 26.6 Å². The summed E-state index contributed by atoms with van der Waals surface area (Å²) in [6.07, 6.45) is 0.121. The first-order chi connectivity index (χ1) is 18.7. The van der Waals surface area contributed by atoms with Crippen LogP contribution in [-0.4, -0.2) is 43.3 Å². The van der Waals surface area contributed by atoms with Crippen LogP contribution in [0.2, 0.25) is 10.0 Å². The van der Waals surface area contributed by atoms with Crippen LogP contribution < -0.4 is 14.8 Å². The third kappa shape index (κ3) is 8.47. The molecule has 4 N–H and O–H groups in total. The third-order valence-electron chi connectivity index (χ3n) is 5.55. The summed E-state index contributed by atoms with van der Waals surface area (Å²) in [6, 6.07) is 14.6. The zero-order valence-electron chi connectivity index (χ0n) is 20.6. The topological polar surface area (TPSA) is 142 Å². The van der Waals surface area contributed by atoms with E-state index in [4.69, 9.17) is 37.7 Å². The van der Waals surface area contributed by atoms with Crippen LogP contribution >= 0.6 is 30.8 Å². The minimum Gasteiger partial charge on any atom is -0.493 e. The maximum Gasteiger partial charge on any atom is 0.399 e. The monoisotopic (exact) mass is 636 g/mol. The van der Waals surface area contributed by atoms with Gasteiger partial charge >= 0.3 is 13.3 Å². The van der Waals surface area contributed by atoms with E-state index in [1.165, 1.54) is 30.3 Å². The van der Waals surface area contributed by atoms with Gasteiger partial charge in [0.05, 0.1) is 21.5 Å². The van der Waals surface area contributed by atoms with Crippen LogP contribution in [-0.2, 0) is 31.5 Å². The molecule has 0 heterocycles. The zero-order chi connectivity index (χ0) is 29.6. The molecular formula is C25H25Cl2F2N2O7PS. The number of sulfonamides is 1. The Morgan fingerprint density at radius 3 is 2.25 bits per heavy atom. The van der Waals surface area contributed by atoms with Gasteiger partial charge < -0.3 is 19.8 Å². The van der Waals surface area contributed by atoms with Gasteiger partial charge in [-0.3, -0.25) is 9.36 Å². The second-order valence-corrected chi connectivity index (χ2v) is 12.7. The number of amides is 1. The molecule has 0 saturated heterocycles. The molecule has 1 unspecified atom stereocenters. The SMILES string of the molecule is O=C(NCCCOc1ccc(Cl)c(Cl)c1)C(Cc1ccc(C(F)(F)P(=O)(O)O)cc1)NS(=O)(=O)c1ccccc1. The molecule has 216 valence electrons. The van der Waals surface area contributed by atoms with Gasteiger partial charge in [0.25, 0.3) is 0 Å². The molecule has 0 aliphatic carbocycles. The highest BCUT2D eigenvalue weighted by Crippen LogP contribution is 2.59. The molecule has 9 nitrogen and oxygen atoms in total. The predicted octanol–water partition coefficient (Wildman–Crippen LogP) is 4.70. The number of carbonyl (C=O) groups is 1. The predicted molar refractivity (Wildman–Crippen MR) is 146 cm³/mol. The lowest BCUT2D eigenvalue weighted by Crippen LogP contribution is -2.48. The molecular weight excluding hydrogens is 612 g/mol. The van der Waals surface area contributed by atoms with Crippen LogP contribution in [0.15, 0.2) is 77.7 Å². The van der Waals surface area contributed by atoms with Crippen LogP contribution in [0.25, 0.3) is 0 Å². The minimum absolute atomic E-state index is 0.0838. The molecule has 40 heavy (non-hydrogen) atoms. The average molecular weight is 637 g/mol. The van der Waals surface area contributed by atoms with Gasteiger partial charge in [-0.15, -0.1) is 0 Å². The van der Waals surface area contributed by atoms with E-state index in [-0.39, 0.29) is 30.0 Å². The van der Waals surface area contributed by atoms with E-state index < -0.39 is 40.8 Å². The van der Waals surface area contributed by atoms with Crippen molar-refractivity contribution in [3.8, 4) is 5.75 Å². The van der Waals surface area contributed by atoms with Crippen molar-refractivity contribution in [2.45, 2.75) is 29.4 Å². The van der Waals surface area contributed by atoms with Crippen LogP contribution in [0, 0.1) is 0 Å². The highest BCUT2D eigenvalue weighted by atomic mass is 35.5. The van der Waals surface area contributed by atoms with Crippen molar-refractivity contribution < 1.29 is 41.1 Å². The van der Waals surface area contributed by atoms with Crippen molar-refractivity contribution in [3.63, 3.8) is 0 Å². The Labute approximate surface area is 239 Å². The van der Waals surface area contributed by atoms with Crippen molar-refractivity contribution in [2.75, 3.05) is 13.2 Å². The van der Waals surface area contributed by atoms with E-state index >= 15 is 0 Å². The number of alkyl halides is 2. The molecule has 0 spiro atoms. The summed E-state index contributed by atoms with van der Waals surface area (Å²) in [7, 11) is -9.90. The highest BCUT2D eigenvalue weighted by molar-refractivity contribution is 7.89. The standard InChI is InChI=1S/C25H25Cl2F2N2O7PS/c26-21-12-11-19(16-22(21)27)38-14-4-13-30-24(32)23(31-40(36,37)20-5-2-1-3-6-20)15-17-7-9-18(10-8-17)25(28,29)39(33,34)35/h1-3,5-12,16,23,31H,4,13-15H2,(H,30,32)(H2,33,34,35). The second kappa shape index (κ2) is 13.4. The summed E-state index contributed by atoms with van der Waals surface area (Å²) in [5.41, 5.74) is -5.06. The Hall–Kier alpha value is -2.57. The van der Waals surface area contributed by atoms with Crippen molar-refractivity contribution in [1.29, 1.82) is 0 Å². The Morgan fingerprint density at radius 2 is 1.65 bits per heavy atom. The summed E-state index contributed by atoms with van der Waals surface area (Å²) < 4.78 is 72.8. The molecule has 0 aliphatic rings. The lowest BCUT2D eigenvalue weighted by atomic mass is 10.0. The van der Waals surface area contributed by atoms with Gasteiger partial charge in [-0.1, -0.05) is 65.7 Å². The smallest absolute Gasteiger partial charge is 0.399 e. The first-order valence-electron chi connectivity index (χ1n) is 11.7. The van der Waals surface area contributed by atoms with E-state index in [1.54, 1.807) is 18.2 Å². The van der Waals surface area contributed by atoms with Crippen molar-refractivity contribution in [2.24, 2.45) is 0 Å². The van der Waals surface area contributed by atoms with Gasteiger partial charge in [-0.2, -0.15) is 13.5 Å². The Kier molecular flexibility index (Phi) is 10.7. The van der Waals surface area contributed by atoms with E-state index in [0.29, 0.717) is 22.2 Å². The molecule has 0 fully saturated rings. The van der Waals surface area contributed by atoms with E-state index in [2.05, 4.69) is 10.0 Å². The maximum absolute atomic E-state index is 14.0. The zero-order valence-corrected chi connectivity index (χ0v) is 23.9. The van der Waals surface area contributed by atoms with Gasteiger partial charge in [0.15, 0.2) is 0 Å². The molecule has 0 bridgehead atoms. The normalized spacial score (nSPS) is 13.1. The van der Waals surface area contributed by atoms with Crippen molar-refractivity contribution in [1.82, 2.24) is 10.0 Å². The number of benzene rings is 3. The van der Waals surface area contributed by atoms with E-state index in [0.717, 1.165) is 24.3 Å². The lowest BCUT2D eigenvalue weighted by Gasteiger charge is -2.20. The van der Waals surface area contributed by atoms with Crippen LogP contribution in [0.3, 0.4) is 0 Å². The van der Waals surface area contributed by atoms with Gasteiger partial charge in [0.2, 0.25) is 15.9 Å². The first-order valence-corrected chi connectivity index (χ1v) is 15.5. The maximum atomic E-state index is 14.0. The number of hydrogen-bond acceptors (Lipinski definition) is 5. The number of ether oxygens (including phenoxy) is 1. The fraction of sp³-hybridized carbons (Fsp3) is 0.240. The number of halogens is 4. The average Bonchev–Trinajstić information content (AvgIpc) is 2.90. The highest BCUT2D eigenvalue weighted by Gasteiger charge is 2.50. The number of hydrogen-bond donors (Lipinski definition) is 4. The Bertz CT molecular complexity index is 1470. The molecule has 0 aromatic heterocycles. The third-order valence-corrected chi connectivity index (χ3v) is 8.77. The lowest BCUT2D eigenvalue weighted by molar-refractivity contribution is -0.122. The quantitative estimate of drug-likeness (QED) is 0.157. The minimum atomic E-state index is -5.77. The molecule has 0 radical (unpaired) electrons. The first kappa shape index (κ1) is 32.0. The molecule has 3 aromatic rings. The van der Waals surface area contributed by atoms with Crippen LogP contribution in [0.1, 0.15) is 17.5 Å². The number of nitrogens with one attached hydrogen (secondary N) is 2. The van der Waals surface area contributed by atoms with Gasteiger partial charge in [-0.05, 0) is 42.7 Å². The Morgan fingerprint density at radius 1 is 1.00 bits per heavy atom. The van der Waals surface area contributed by atoms with Gasteiger partial charge in [0, 0.05) is 18.2 Å². The summed E-state index contributed by atoms with van der Waals surface area (Å²) in [5, 5.41) is 3.31. The fourth-order valence-electron chi connectivity index (χ4n) is 3.45. The van der Waals surface area contributed by atoms with Crippen molar-refractivity contribution >= 4 is 46.7 Å². The molecule has 3 rings (SSSR count). The van der Waals surface area contributed by atoms with E-state index in [1.807, 2.05) is 0 Å². The summed E-state index contributed by atoms with van der Waals surface area (Å²) in [6.45, 7) is 0.324. The second-order valence-electron chi connectivity index (χ2n) is 8.54.